The van der Waals surface area contributed by atoms with Crippen LogP contribution in [0.3, 0.4) is 0 Å². The lowest BCUT2D eigenvalue weighted by Gasteiger charge is -2.15. The fourth-order valence-electron chi connectivity index (χ4n) is 0.673. The van der Waals surface area contributed by atoms with Crippen LogP contribution in [0.15, 0.2) is 0 Å². The maximum absolute atomic E-state index is 11.0. The van der Waals surface area contributed by atoms with Crippen molar-refractivity contribution in [3.05, 3.63) is 0 Å². The van der Waals surface area contributed by atoms with E-state index in [0.29, 0.717) is 0 Å². The van der Waals surface area contributed by atoms with Gasteiger partial charge in [-0.1, -0.05) is 0 Å². The Morgan fingerprint density at radius 3 is 1.89 bits per heavy atom. The van der Waals surface area contributed by atoms with Gasteiger partial charge in [0.2, 0.25) is 6.29 Å². The molecule has 0 aliphatic rings. The van der Waals surface area contributed by atoms with E-state index >= 15 is 0 Å². The monoisotopic (exact) mass is 266 g/mol. The lowest BCUT2D eigenvalue weighted by Crippen LogP contribution is -2.42. The fraction of sp³-hybridized carbons (Fsp3) is 0.500. The third-order valence-electron chi connectivity index (χ3n) is 1.46. The van der Waals surface area contributed by atoms with E-state index in [9.17, 15) is 19.2 Å². The summed E-state index contributed by atoms with van der Waals surface area (Å²) < 4.78 is 7.64. The first-order valence-electron chi connectivity index (χ1n) is 4.39. The summed E-state index contributed by atoms with van der Waals surface area (Å²) in [7, 11) is 0. The van der Waals surface area contributed by atoms with Gasteiger partial charge < -0.3 is 29.9 Å². The molecular formula is C8H10O10. The molecule has 0 spiro atoms. The fourth-order valence-corrected chi connectivity index (χ4v) is 0.673. The van der Waals surface area contributed by atoms with Gasteiger partial charge in [-0.05, 0) is 0 Å². The molecule has 18 heavy (non-hydrogen) atoms. The molecule has 0 saturated carbocycles. The molecule has 0 amide bonds. The number of aliphatic hydroxyl groups is 4. The van der Waals surface area contributed by atoms with Crippen LogP contribution in [0.5, 0.6) is 0 Å². The average molecular weight is 266 g/mol. The molecule has 0 aliphatic heterocycles. The van der Waals surface area contributed by atoms with Crippen LogP contribution in [0.25, 0.3) is 0 Å². The second kappa shape index (κ2) is 7.45. The molecule has 0 radical (unpaired) electrons. The first-order valence-corrected chi connectivity index (χ1v) is 4.39. The van der Waals surface area contributed by atoms with Crippen molar-refractivity contribution < 1.29 is 49.1 Å². The molecule has 0 aliphatic carbocycles. The molecule has 10 nitrogen and oxygen atoms in total. The number of rotatable bonds is 6. The second-order valence-electron chi connectivity index (χ2n) is 2.77. The SMILES string of the molecule is O=C(CO)OC(=O)C(=O)C(O)C(O)OC(=O)CO. The first kappa shape index (κ1) is 16.1. The van der Waals surface area contributed by atoms with Crippen LogP contribution in [-0.4, -0.2) is 69.7 Å². The quantitative estimate of drug-likeness (QED) is 0.160. The van der Waals surface area contributed by atoms with Crippen molar-refractivity contribution in [2.24, 2.45) is 0 Å². The van der Waals surface area contributed by atoms with Gasteiger partial charge in [-0.3, -0.25) is 4.79 Å². The molecular weight excluding hydrogens is 256 g/mol. The van der Waals surface area contributed by atoms with Crippen LogP contribution in [-0.2, 0) is 28.7 Å². The Bertz CT molecular complexity index is 348. The van der Waals surface area contributed by atoms with Gasteiger partial charge in [0.15, 0.2) is 6.10 Å². The van der Waals surface area contributed by atoms with E-state index in [1.54, 1.807) is 0 Å². The number of esters is 3. The van der Waals surface area contributed by atoms with E-state index in [1.165, 1.54) is 0 Å². The summed E-state index contributed by atoms with van der Waals surface area (Å²) in [5.41, 5.74) is 0. The molecule has 4 N–H and O–H groups in total. The van der Waals surface area contributed by atoms with Gasteiger partial charge in [0, 0.05) is 0 Å². The van der Waals surface area contributed by atoms with Crippen molar-refractivity contribution in [1.29, 1.82) is 0 Å². The van der Waals surface area contributed by atoms with E-state index in [0.717, 1.165) is 0 Å². The van der Waals surface area contributed by atoms with Crippen LogP contribution in [0.4, 0.5) is 0 Å². The van der Waals surface area contributed by atoms with Gasteiger partial charge >= 0.3 is 17.9 Å². The van der Waals surface area contributed by atoms with Crippen molar-refractivity contribution in [2.45, 2.75) is 12.4 Å². The minimum atomic E-state index is -2.49. The highest BCUT2D eigenvalue weighted by Crippen LogP contribution is 2.00. The Morgan fingerprint density at radius 2 is 1.44 bits per heavy atom. The number of hydrogen-bond acceptors (Lipinski definition) is 10. The molecule has 2 unspecified atom stereocenters. The van der Waals surface area contributed by atoms with Gasteiger partial charge in [0.05, 0.1) is 0 Å². The van der Waals surface area contributed by atoms with E-state index in [-0.39, 0.29) is 0 Å². The van der Waals surface area contributed by atoms with Gasteiger partial charge in [-0.25, -0.2) is 14.4 Å². The summed E-state index contributed by atoms with van der Waals surface area (Å²) in [6.07, 6.45) is -4.89. The molecule has 0 aromatic heterocycles. The number of ether oxygens (including phenoxy) is 2. The standard InChI is InChI=1S/C8H10O10/c9-1-3(11)17-7(15)5(13)6(14)8(16)18-4(12)2-10/h5,7,9-10,13,15H,1-2H2. The van der Waals surface area contributed by atoms with E-state index in [2.05, 4.69) is 9.47 Å². The van der Waals surface area contributed by atoms with Crippen molar-refractivity contribution in [3.63, 3.8) is 0 Å². The Hall–Kier alpha value is -1.88. The molecule has 2 atom stereocenters. The van der Waals surface area contributed by atoms with E-state index in [1.807, 2.05) is 0 Å². The molecule has 0 aromatic carbocycles. The summed E-state index contributed by atoms with van der Waals surface area (Å²) in [5.74, 6) is -6.41. The zero-order valence-electron chi connectivity index (χ0n) is 8.81. The number of aliphatic hydroxyl groups excluding tert-OH is 4. The van der Waals surface area contributed by atoms with Crippen LogP contribution in [0, 0.1) is 0 Å². The molecule has 0 rings (SSSR count). The van der Waals surface area contributed by atoms with E-state index < -0.39 is 49.3 Å². The summed E-state index contributed by atoms with van der Waals surface area (Å²) in [4.78, 5) is 42.8. The Morgan fingerprint density at radius 1 is 0.944 bits per heavy atom. The lowest BCUT2D eigenvalue weighted by molar-refractivity contribution is -0.194. The largest absolute Gasteiger partial charge is 0.431 e. The molecule has 10 heteroatoms. The predicted molar refractivity (Wildman–Crippen MR) is 48.4 cm³/mol. The molecule has 0 fully saturated rings. The average Bonchev–Trinajstić information content (AvgIpc) is 2.36. The predicted octanol–water partition coefficient (Wildman–Crippen LogP) is -4.17. The highest BCUT2D eigenvalue weighted by atomic mass is 16.7. The van der Waals surface area contributed by atoms with Crippen molar-refractivity contribution >= 4 is 23.7 Å². The second-order valence-corrected chi connectivity index (χ2v) is 2.77. The molecule has 0 heterocycles. The van der Waals surface area contributed by atoms with Gasteiger partial charge in [-0.2, -0.15) is 0 Å². The van der Waals surface area contributed by atoms with Gasteiger partial charge in [0.25, 0.3) is 5.78 Å². The number of carbonyl (C=O) groups excluding carboxylic acids is 4. The molecule has 0 aromatic rings. The van der Waals surface area contributed by atoms with Crippen LogP contribution >= 0.6 is 0 Å². The Balaban J connectivity index is 4.44. The van der Waals surface area contributed by atoms with Crippen molar-refractivity contribution in [1.82, 2.24) is 0 Å². The Labute approximate surface area is 99.3 Å². The van der Waals surface area contributed by atoms with Gasteiger partial charge in [0.1, 0.15) is 13.2 Å². The minimum absolute atomic E-state index is 1.12. The van der Waals surface area contributed by atoms with Crippen molar-refractivity contribution in [3.8, 4) is 0 Å². The smallest absolute Gasteiger partial charge is 0.385 e. The first-order chi connectivity index (χ1) is 8.33. The molecule has 0 saturated heterocycles. The summed E-state index contributed by atoms with van der Waals surface area (Å²) in [6.45, 7) is -2.29. The summed E-state index contributed by atoms with van der Waals surface area (Å²) in [6, 6.07) is 0. The highest BCUT2D eigenvalue weighted by molar-refractivity contribution is 6.37. The summed E-state index contributed by atoms with van der Waals surface area (Å²) in [5, 5.41) is 34.5. The topological polar surface area (TPSA) is 168 Å². The Kier molecular flexibility index (Phi) is 6.67. The number of hydrogen-bond donors (Lipinski definition) is 4. The zero-order valence-corrected chi connectivity index (χ0v) is 8.81. The maximum Gasteiger partial charge on any atom is 0.385 e. The zero-order chi connectivity index (χ0) is 14.3. The van der Waals surface area contributed by atoms with Gasteiger partial charge in [-0.15, -0.1) is 0 Å². The minimum Gasteiger partial charge on any atom is -0.431 e. The maximum atomic E-state index is 11.0. The van der Waals surface area contributed by atoms with Crippen LogP contribution in [0.2, 0.25) is 0 Å². The summed E-state index contributed by atoms with van der Waals surface area (Å²) >= 11 is 0. The highest BCUT2D eigenvalue weighted by Gasteiger charge is 2.34. The molecule has 102 valence electrons. The number of ketones is 1. The molecule has 0 bridgehead atoms. The number of carbonyl (C=O) groups is 4. The van der Waals surface area contributed by atoms with Crippen LogP contribution in [0.1, 0.15) is 0 Å². The number of Topliss-reactive ketones (excluding diaryl/α,β-unsaturated/α-hetero) is 1. The third kappa shape index (κ3) is 4.97. The van der Waals surface area contributed by atoms with Crippen molar-refractivity contribution in [2.75, 3.05) is 13.2 Å². The lowest BCUT2D eigenvalue weighted by atomic mass is 10.2. The van der Waals surface area contributed by atoms with E-state index in [4.69, 9.17) is 20.4 Å². The third-order valence-corrected chi connectivity index (χ3v) is 1.46. The normalized spacial score (nSPS) is 13.3. The van der Waals surface area contributed by atoms with Crippen LogP contribution < -0.4 is 0 Å².